The van der Waals surface area contributed by atoms with Gasteiger partial charge in [-0.1, -0.05) is 12.1 Å². The van der Waals surface area contributed by atoms with Crippen LogP contribution in [0.15, 0.2) is 24.3 Å². The Kier molecular flexibility index (Phi) is 4.33. The number of hydrogen-bond donors (Lipinski definition) is 2. The number of nitrogens with zero attached hydrogens (tertiary/aromatic N) is 1. The molecule has 2 rings (SSSR count). The van der Waals surface area contributed by atoms with Crippen LogP contribution in [0.3, 0.4) is 0 Å². The van der Waals surface area contributed by atoms with Crippen LogP contribution in [0.1, 0.15) is 28.8 Å². The van der Waals surface area contributed by atoms with Gasteiger partial charge in [0.15, 0.2) is 0 Å². The predicted octanol–water partition coefficient (Wildman–Crippen LogP) is 1.59. The molecular formula is C14H19NO3. The van der Waals surface area contributed by atoms with Crippen molar-refractivity contribution in [2.24, 2.45) is 5.92 Å². The minimum atomic E-state index is -0.878. The molecule has 1 saturated heterocycles. The predicted molar refractivity (Wildman–Crippen MR) is 68.5 cm³/mol. The van der Waals surface area contributed by atoms with E-state index in [0.29, 0.717) is 11.5 Å². The van der Waals surface area contributed by atoms with Gasteiger partial charge in [0.1, 0.15) is 0 Å². The second-order valence-electron chi connectivity index (χ2n) is 4.91. The molecule has 98 valence electrons. The number of aromatic carboxylic acids is 1. The molecule has 1 aliphatic heterocycles. The summed E-state index contributed by atoms with van der Waals surface area (Å²) >= 11 is 0. The van der Waals surface area contributed by atoms with E-state index >= 15 is 0 Å². The SMILES string of the molecule is O=C(O)c1cccc(CN2CCC(CCO)C2)c1. The number of hydrogen-bond acceptors (Lipinski definition) is 3. The summed E-state index contributed by atoms with van der Waals surface area (Å²) in [6.45, 7) is 3.08. The largest absolute Gasteiger partial charge is 0.478 e. The number of rotatable bonds is 5. The second kappa shape index (κ2) is 5.98. The Morgan fingerprint density at radius 3 is 3.00 bits per heavy atom. The molecule has 0 amide bonds. The van der Waals surface area contributed by atoms with Crippen LogP contribution in [-0.4, -0.2) is 40.8 Å². The van der Waals surface area contributed by atoms with Gasteiger partial charge in [0.25, 0.3) is 0 Å². The molecule has 1 aliphatic rings. The van der Waals surface area contributed by atoms with Gasteiger partial charge in [0, 0.05) is 19.7 Å². The minimum Gasteiger partial charge on any atom is -0.478 e. The van der Waals surface area contributed by atoms with Gasteiger partial charge in [-0.15, -0.1) is 0 Å². The van der Waals surface area contributed by atoms with Crippen molar-refractivity contribution in [3.05, 3.63) is 35.4 Å². The molecule has 4 nitrogen and oxygen atoms in total. The van der Waals surface area contributed by atoms with Gasteiger partial charge < -0.3 is 10.2 Å². The fraction of sp³-hybridized carbons (Fsp3) is 0.500. The molecule has 0 bridgehead atoms. The van der Waals surface area contributed by atoms with Crippen molar-refractivity contribution >= 4 is 5.97 Å². The molecule has 0 aromatic heterocycles. The first-order valence-electron chi connectivity index (χ1n) is 6.34. The Morgan fingerprint density at radius 1 is 1.44 bits per heavy atom. The molecule has 18 heavy (non-hydrogen) atoms. The van der Waals surface area contributed by atoms with Crippen molar-refractivity contribution in [2.75, 3.05) is 19.7 Å². The first kappa shape index (κ1) is 13.1. The first-order chi connectivity index (χ1) is 8.69. The van der Waals surface area contributed by atoms with Gasteiger partial charge in [-0.25, -0.2) is 4.79 Å². The number of carbonyl (C=O) groups is 1. The van der Waals surface area contributed by atoms with Gasteiger partial charge >= 0.3 is 5.97 Å². The summed E-state index contributed by atoms with van der Waals surface area (Å²) in [5.41, 5.74) is 1.39. The maximum absolute atomic E-state index is 10.9. The summed E-state index contributed by atoms with van der Waals surface area (Å²) in [5.74, 6) is -0.297. The highest BCUT2D eigenvalue weighted by Crippen LogP contribution is 2.21. The summed E-state index contributed by atoms with van der Waals surface area (Å²) < 4.78 is 0. The topological polar surface area (TPSA) is 60.8 Å². The van der Waals surface area contributed by atoms with Crippen molar-refractivity contribution in [3.8, 4) is 0 Å². The maximum atomic E-state index is 10.9. The lowest BCUT2D eigenvalue weighted by Crippen LogP contribution is -2.20. The summed E-state index contributed by atoms with van der Waals surface area (Å²) in [6.07, 6.45) is 1.99. The molecule has 0 spiro atoms. The standard InChI is InChI=1S/C14H19NO3/c16-7-5-11-4-6-15(9-11)10-12-2-1-3-13(8-12)14(17)18/h1-3,8,11,16H,4-7,9-10H2,(H,17,18). The van der Waals surface area contributed by atoms with E-state index in [-0.39, 0.29) is 6.61 Å². The average Bonchev–Trinajstić information content (AvgIpc) is 2.77. The Labute approximate surface area is 107 Å². The van der Waals surface area contributed by atoms with Crippen molar-refractivity contribution < 1.29 is 15.0 Å². The van der Waals surface area contributed by atoms with Gasteiger partial charge in [-0.3, -0.25) is 4.90 Å². The Morgan fingerprint density at radius 2 is 2.28 bits per heavy atom. The van der Waals surface area contributed by atoms with Crippen LogP contribution >= 0.6 is 0 Å². The third kappa shape index (κ3) is 3.31. The smallest absolute Gasteiger partial charge is 0.335 e. The van der Waals surface area contributed by atoms with Crippen LogP contribution in [0, 0.1) is 5.92 Å². The summed E-state index contributed by atoms with van der Waals surface area (Å²) in [7, 11) is 0. The number of carboxylic acid groups (broad SMARTS) is 1. The molecular weight excluding hydrogens is 230 g/mol. The molecule has 1 atom stereocenters. The molecule has 0 aliphatic carbocycles. The molecule has 1 aromatic rings. The lowest BCUT2D eigenvalue weighted by atomic mass is 10.1. The number of benzene rings is 1. The fourth-order valence-electron chi connectivity index (χ4n) is 2.54. The van der Waals surface area contributed by atoms with Crippen molar-refractivity contribution in [2.45, 2.75) is 19.4 Å². The van der Waals surface area contributed by atoms with Crippen LogP contribution in [0.2, 0.25) is 0 Å². The van der Waals surface area contributed by atoms with Gasteiger partial charge in [0.2, 0.25) is 0 Å². The van der Waals surface area contributed by atoms with Crippen LogP contribution in [-0.2, 0) is 6.54 Å². The van der Waals surface area contributed by atoms with E-state index in [9.17, 15) is 4.79 Å². The number of carboxylic acids is 1. The number of aliphatic hydroxyl groups is 1. The Hall–Kier alpha value is -1.39. The number of aliphatic hydroxyl groups excluding tert-OH is 1. The van der Waals surface area contributed by atoms with E-state index in [1.165, 1.54) is 0 Å². The van der Waals surface area contributed by atoms with E-state index in [4.69, 9.17) is 10.2 Å². The Bertz CT molecular complexity index is 419. The van der Waals surface area contributed by atoms with Gasteiger partial charge in [-0.2, -0.15) is 0 Å². The highest BCUT2D eigenvalue weighted by molar-refractivity contribution is 5.87. The average molecular weight is 249 g/mol. The fourth-order valence-corrected chi connectivity index (χ4v) is 2.54. The summed E-state index contributed by atoms with van der Waals surface area (Å²) in [5, 5.41) is 17.9. The molecule has 1 unspecified atom stereocenters. The first-order valence-corrected chi connectivity index (χ1v) is 6.34. The van der Waals surface area contributed by atoms with Crippen LogP contribution in [0.4, 0.5) is 0 Å². The molecule has 0 saturated carbocycles. The molecule has 2 N–H and O–H groups in total. The Balaban J connectivity index is 1.94. The molecule has 1 aromatic carbocycles. The summed E-state index contributed by atoms with van der Waals surface area (Å²) in [4.78, 5) is 13.2. The van der Waals surface area contributed by atoms with E-state index in [0.717, 1.165) is 38.0 Å². The highest BCUT2D eigenvalue weighted by Gasteiger charge is 2.21. The highest BCUT2D eigenvalue weighted by atomic mass is 16.4. The lowest BCUT2D eigenvalue weighted by molar-refractivity contribution is 0.0696. The van der Waals surface area contributed by atoms with Crippen molar-refractivity contribution in [1.29, 1.82) is 0 Å². The molecule has 1 heterocycles. The molecule has 1 fully saturated rings. The van der Waals surface area contributed by atoms with Crippen LogP contribution in [0.25, 0.3) is 0 Å². The lowest BCUT2D eigenvalue weighted by Gasteiger charge is -2.16. The van der Waals surface area contributed by atoms with E-state index < -0.39 is 5.97 Å². The third-order valence-corrected chi connectivity index (χ3v) is 3.49. The minimum absolute atomic E-state index is 0.257. The van der Waals surface area contributed by atoms with Crippen LogP contribution < -0.4 is 0 Å². The van der Waals surface area contributed by atoms with E-state index in [2.05, 4.69) is 4.90 Å². The third-order valence-electron chi connectivity index (χ3n) is 3.49. The normalized spacial score (nSPS) is 20.2. The van der Waals surface area contributed by atoms with Gasteiger partial charge in [-0.05, 0) is 43.0 Å². The maximum Gasteiger partial charge on any atom is 0.335 e. The summed E-state index contributed by atoms with van der Waals surface area (Å²) in [6, 6.07) is 7.11. The zero-order valence-electron chi connectivity index (χ0n) is 10.4. The van der Waals surface area contributed by atoms with Gasteiger partial charge in [0.05, 0.1) is 5.56 Å². The van der Waals surface area contributed by atoms with Crippen molar-refractivity contribution in [1.82, 2.24) is 4.90 Å². The monoisotopic (exact) mass is 249 g/mol. The zero-order valence-corrected chi connectivity index (χ0v) is 10.4. The molecule has 4 heteroatoms. The zero-order chi connectivity index (χ0) is 13.0. The van der Waals surface area contributed by atoms with Crippen molar-refractivity contribution in [3.63, 3.8) is 0 Å². The van der Waals surface area contributed by atoms with E-state index in [1.807, 2.05) is 6.07 Å². The molecule has 0 radical (unpaired) electrons. The second-order valence-corrected chi connectivity index (χ2v) is 4.91. The van der Waals surface area contributed by atoms with Crippen LogP contribution in [0.5, 0.6) is 0 Å². The quantitative estimate of drug-likeness (QED) is 0.832. The number of likely N-dealkylation sites (tertiary alicyclic amines) is 1. The van der Waals surface area contributed by atoms with E-state index in [1.54, 1.807) is 18.2 Å².